The molecule has 4 heteroatoms. The van der Waals surface area contributed by atoms with Crippen molar-refractivity contribution in [3.8, 4) is 11.1 Å². The Kier molecular flexibility index (Phi) is 6.21. The van der Waals surface area contributed by atoms with Crippen LogP contribution in [0.15, 0.2) is 185 Å². The van der Waals surface area contributed by atoms with Gasteiger partial charge in [-0.3, -0.25) is 0 Å². The highest BCUT2D eigenvalue weighted by Crippen LogP contribution is 2.48. The number of nitrogens with zero attached hydrogens (tertiary/aromatic N) is 1. The molecule has 3 heterocycles. The zero-order valence-electron chi connectivity index (χ0n) is 28.9. The molecule has 0 saturated carbocycles. The smallest absolute Gasteiger partial charge is 0.143 e. The van der Waals surface area contributed by atoms with Gasteiger partial charge in [-0.1, -0.05) is 109 Å². The first-order valence-corrected chi connectivity index (χ1v) is 19.1. The molecule has 0 aliphatic rings. The highest BCUT2D eigenvalue weighted by molar-refractivity contribution is 7.26. The second-order valence-corrected chi connectivity index (χ2v) is 15.1. The molecule has 0 N–H and O–H groups in total. The van der Waals surface area contributed by atoms with E-state index in [-0.39, 0.29) is 0 Å². The van der Waals surface area contributed by atoms with Gasteiger partial charge in [0.2, 0.25) is 0 Å². The molecule has 0 fully saturated rings. The molecule has 0 saturated heterocycles. The van der Waals surface area contributed by atoms with Gasteiger partial charge < -0.3 is 13.7 Å². The zero-order valence-corrected chi connectivity index (χ0v) is 29.7. The molecule has 0 aliphatic carbocycles. The minimum absolute atomic E-state index is 0.854. The molecular weight excluding hydrogens is 679 g/mol. The third-order valence-corrected chi connectivity index (χ3v) is 12.3. The molecule has 0 unspecified atom stereocenters. The summed E-state index contributed by atoms with van der Waals surface area (Å²) >= 11 is 1.83. The van der Waals surface area contributed by atoms with Crippen LogP contribution in [0, 0.1) is 0 Å². The van der Waals surface area contributed by atoms with Crippen molar-refractivity contribution in [3.05, 3.63) is 176 Å². The Morgan fingerprint density at radius 2 is 1.09 bits per heavy atom. The fourth-order valence-electron chi connectivity index (χ4n) is 8.58. The molecule has 3 nitrogen and oxygen atoms in total. The minimum atomic E-state index is 0.854. The molecular formula is C50H29NO2S. The van der Waals surface area contributed by atoms with E-state index in [1.165, 1.54) is 47.5 Å². The Labute approximate surface area is 313 Å². The van der Waals surface area contributed by atoms with Gasteiger partial charge in [0, 0.05) is 59.2 Å². The van der Waals surface area contributed by atoms with Gasteiger partial charge in [-0.15, -0.1) is 11.3 Å². The number of hydrogen-bond acceptors (Lipinski definition) is 4. The summed E-state index contributed by atoms with van der Waals surface area (Å²) in [6.07, 6.45) is 0. The molecule has 0 bridgehead atoms. The van der Waals surface area contributed by atoms with Crippen LogP contribution in [0.1, 0.15) is 0 Å². The average molecular weight is 708 g/mol. The van der Waals surface area contributed by atoms with Crippen LogP contribution in [-0.2, 0) is 0 Å². The number of hydrogen-bond donors (Lipinski definition) is 0. The number of benzene rings is 9. The molecule has 12 aromatic rings. The number of anilines is 3. The Bertz CT molecular complexity index is 3450. The lowest BCUT2D eigenvalue weighted by molar-refractivity contribution is 0.669. The first-order valence-electron chi connectivity index (χ1n) is 18.2. The van der Waals surface area contributed by atoms with Crippen LogP contribution in [-0.4, -0.2) is 0 Å². The lowest BCUT2D eigenvalue weighted by Crippen LogP contribution is -2.10. The van der Waals surface area contributed by atoms with Crippen molar-refractivity contribution in [1.82, 2.24) is 0 Å². The van der Waals surface area contributed by atoms with E-state index in [1.54, 1.807) is 0 Å². The van der Waals surface area contributed by atoms with Crippen LogP contribution in [0.3, 0.4) is 0 Å². The standard InChI is InChI=1S/C50H29NO2S/c1-3-12-35-30(9-1)11-7-15-36(35)32-19-22-33(23-20-32)51(34-24-26-38-40-25-21-31-10-2-4-13-37(31)49(40)53-45(38)29-34)42-16-8-17-43-47(42)48-44(52-43)28-27-41-39-14-5-6-18-46(39)54-50(41)48/h1-29H. The molecule has 0 amide bonds. The number of rotatable bonds is 4. The van der Waals surface area contributed by atoms with E-state index in [4.69, 9.17) is 8.83 Å². The van der Waals surface area contributed by atoms with E-state index in [0.717, 1.165) is 66.3 Å². The Morgan fingerprint density at radius 3 is 1.98 bits per heavy atom. The maximum atomic E-state index is 6.74. The third-order valence-electron chi connectivity index (χ3n) is 11.1. The van der Waals surface area contributed by atoms with Gasteiger partial charge in [0.25, 0.3) is 0 Å². The fourth-order valence-corrected chi connectivity index (χ4v) is 9.83. The van der Waals surface area contributed by atoms with Crippen LogP contribution in [0.25, 0.3) is 96.7 Å². The van der Waals surface area contributed by atoms with Crippen LogP contribution < -0.4 is 4.90 Å². The van der Waals surface area contributed by atoms with E-state index in [0.29, 0.717) is 0 Å². The fraction of sp³-hybridized carbons (Fsp3) is 0. The molecule has 0 aliphatic heterocycles. The summed E-state index contributed by atoms with van der Waals surface area (Å²) in [6, 6.07) is 62.9. The Hall–Kier alpha value is -6.88. The number of furan rings is 2. The van der Waals surface area contributed by atoms with E-state index in [1.807, 2.05) is 11.3 Å². The summed E-state index contributed by atoms with van der Waals surface area (Å²) in [7, 11) is 0. The second-order valence-electron chi connectivity index (χ2n) is 14.0. The van der Waals surface area contributed by atoms with E-state index < -0.39 is 0 Å². The maximum absolute atomic E-state index is 6.74. The third kappa shape index (κ3) is 4.29. The van der Waals surface area contributed by atoms with E-state index >= 15 is 0 Å². The predicted molar refractivity (Wildman–Crippen MR) is 229 cm³/mol. The SMILES string of the molecule is c1ccc2c(-c3ccc(N(c4ccc5c(c4)oc4c6ccccc6ccc54)c4cccc5oc6ccc7c8ccccc8sc7c6c45)cc3)cccc2c1. The van der Waals surface area contributed by atoms with Crippen LogP contribution in [0.4, 0.5) is 17.1 Å². The second kappa shape index (κ2) is 11.3. The molecule has 0 spiro atoms. The van der Waals surface area contributed by atoms with Gasteiger partial charge in [-0.2, -0.15) is 0 Å². The summed E-state index contributed by atoms with van der Waals surface area (Å²) in [5.74, 6) is 0. The Morgan fingerprint density at radius 1 is 0.407 bits per heavy atom. The Balaban J connectivity index is 1.12. The van der Waals surface area contributed by atoms with Crippen LogP contribution >= 0.6 is 11.3 Å². The molecule has 0 atom stereocenters. The van der Waals surface area contributed by atoms with Gasteiger partial charge >= 0.3 is 0 Å². The molecule has 12 rings (SSSR count). The van der Waals surface area contributed by atoms with Gasteiger partial charge in [0.1, 0.15) is 22.3 Å². The van der Waals surface area contributed by atoms with Crippen molar-refractivity contribution in [1.29, 1.82) is 0 Å². The molecule has 9 aromatic carbocycles. The molecule has 54 heavy (non-hydrogen) atoms. The summed E-state index contributed by atoms with van der Waals surface area (Å²) in [5.41, 5.74) is 9.03. The summed E-state index contributed by atoms with van der Waals surface area (Å²) < 4.78 is 15.9. The number of thiophene rings is 1. The highest BCUT2D eigenvalue weighted by atomic mass is 32.1. The van der Waals surface area contributed by atoms with Crippen LogP contribution in [0.2, 0.25) is 0 Å². The predicted octanol–water partition coefficient (Wildman–Crippen LogP) is 15.3. The number of fused-ring (bicyclic) bond motifs is 13. The quantitative estimate of drug-likeness (QED) is 0.182. The normalized spacial score (nSPS) is 12.1. The molecule has 3 aromatic heterocycles. The largest absolute Gasteiger partial charge is 0.456 e. The summed E-state index contributed by atoms with van der Waals surface area (Å²) in [6.45, 7) is 0. The van der Waals surface area contributed by atoms with Crippen molar-refractivity contribution in [2.75, 3.05) is 4.90 Å². The topological polar surface area (TPSA) is 29.5 Å². The first-order chi connectivity index (χ1) is 26.8. The van der Waals surface area contributed by atoms with Crippen molar-refractivity contribution in [2.45, 2.75) is 0 Å². The lowest BCUT2D eigenvalue weighted by Gasteiger charge is -2.26. The summed E-state index contributed by atoms with van der Waals surface area (Å²) in [4.78, 5) is 2.36. The monoisotopic (exact) mass is 707 g/mol. The zero-order chi connectivity index (χ0) is 35.3. The molecule has 252 valence electrons. The van der Waals surface area contributed by atoms with Gasteiger partial charge in [-0.25, -0.2) is 0 Å². The van der Waals surface area contributed by atoms with Crippen molar-refractivity contribution in [3.63, 3.8) is 0 Å². The molecule has 0 radical (unpaired) electrons. The van der Waals surface area contributed by atoms with Crippen molar-refractivity contribution >= 4 is 114 Å². The van der Waals surface area contributed by atoms with E-state index in [2.05, 4.69) is 181 Å². The minimum Gasteiger partial charge on any atom is -0.456 e. The first kappa shape index (κ1) is 29.7. The van der Waals surface area contributed by atoms with Gasteiger partial charge in [-0.05, 0) is 87.9 Å². The van der Waals surface area contributed by atoms with E-state index in [9.17, 15) is 0 Å². The summed E-state index contributed by atoms with van der Waals surface area (Å²) in [5, 5.41) is 11.8. The highest BCUT2D eigenvalue weighted by Gasteiger charge is 2.23. The maximum Gasteiger partial charge on any atom is 0.143 e. The van der Waals surface area contributed by atoms with Crippen molar-refractivity contribution < 1.29 is 8.83 Å². The van der Waals surface area contributed by atoms with Gasteiger partial charge in [0.05, 0.1) is 11.1 Å². The average Bonchev–Trinajstić information content (AvgIpc) is 3.92. The van der Waals surface area contributed by atoms with Crippen molar-refractivity contribution in [2.24, 2.45) is 0 Å². The van der Waals surface area contributed by atoms with Crippen LogP contribution in [0.5, 0.6) is 0 Å². The van der Waals surface area contributed by atoms with Gasteiger partial charge in [0.15, 0.2) is 0 Å². The lowest BCUT2D eigenvalue weighted by atomic mass is 9.98.